The molecule has 0 fully saturated rings. The summed E-state index contributed by atoms with van der Waals surface area (Å²) >= 11 is 0. The van der Waals surface area contributed by atoms with Crippen LogP contribution in [-0.4, -0.2) is 21.5 Å². The Hall–Kier alpha value is -2.39. The molecule has 0 radical (unpaired) electrons. The van der Waals surface area contributed by atoms with Gasteiger partial charge < -0.3 is 10.5 Å². The summed E-state index contributed by atoms with van der Waals surface area (Å²) in [7, 11) is 0. The number of aromatic nitrogens is 2. The third kappa shape index (κ3) is 3.09. The zero-order valence-electron chi connectivity index (χ0n) is 11.2. The lowest BCUT2D eigenvalue weighted by molar-refractivity contribution is 0.0514. The molecule has 1 heterocycles. The predicted octanol–water partition coefficient (Wildman–Crippen LogP) is 2.27. The van der Waals surface area contributed by atoms with Crippen LogP contribution in [0.4, 0.5) is 4.79 Å². The molecule has 19 heavy (non-hydrogen) atoms. The Balaban J connectivity index is 2.23. The van der Waals surface area contributed by atoms with Crippen molar-refractivity contribution in [3.05, 3.63) is 48.0 Å². The summed E-state index contributed by atoms with van der Waals surface area (Å²) in [5.74, 6) is 0. The third-order valence-corrected chi connectivity index (χ3v) is 2.34. The van der Waals surface area contributed by atoms with E-state index in [-0.39, 0.29) is 0 Å². The average Bonchev–Trinajstić information content (AvgIpc) is 2.76. The highest BCUT2D eigenvalue weighted by atomic mass is 16.6. The quantitative estimate of drug-likeness (QED) is 0.784. The molecule has 0 bridgehead atoms. The Bertz CT molecular complexity index is 586. The van der Waals surface area contributed by atoms with Gasteiger partial charge in [0.2, 0.25) is 0 Å². The molecule has 0 saturated heterocycles. The monoisotopic (exact) mass is 258 g/mol. The fraction of sp³-hybridized carbons (Fsp3) is 0.286. The van der Waals surface area contributed by atoms with E-state index in [4.69, 9.17) is 10.5 Å². The van der Waals surface area contributed by atoms with Crippen LogP contribution in [0.15, 0.2) is 36.2 Å². The molecule has 2 rings (SSSR count). The second-order valence-corrected chi connectivity index (χ2v) is 5.14. The molecule has 5 nitrogen and oxygen atoms in total. The molecule has 5 heteroatoms. The van der Waals surface area contributed by atoms with Gasteiger partial charge in [0, 0.05) is 12.3 Å². The first-order chi connectivity index (χ1) is 8.87. The summed E-state index contributed by atoms with van der Waals surface area (Å²) in [6.07, 6.45) is 9.16. The zero-order chi connectivity index (χ0) is 14.0. The van der Waals surface area contributed by atoms with Crippen LogP contribution in [0.1, 0.15) is 26.5 Å². The van der Waals surface area contributed by atoms with E-state index in [1.165, 1.54) is 0 Å². The van der Waals surface area contributed by atoms with E-state index < -0.39 is 11.7 Å². The van der Waals surface area contributed by atoms with E-state index in [9.17, 15) is 4.79 Å². The number of carbonyl (C=O) groups is 1. The number of nitrogens with zero attached hydrogens (tertiary/aromatic N) is 2. The topological polar surface area (TPSA) is 70.1 Å². The van der Waals surface area contributed by atoms with Crippen LogP contribution in [0.2, 0.25) is 0 Å². The minimum absolute atomic E-state index is 0.516. The maximum absolute atomic E-state index is 11.8. The molecule has 2 N–H and O–H groups in total. The van der Waals surface area contributed by atoms with Gasteiger partial charge in [-0.05, 0) is 26.8 Å². The Kier molecular flexibility index (Phi) is 3.23. The molecule has 1 aliphatic rings. The van der Waals surface area contributed by atoms with Crippen molar-refractivity contribution in [1.82, 2.24) is 9.78 Å². The molecule has 1 aromatic heterocycles. The lowest BCUT2D eigenvalue weighted by atomic mass is 10.1. The van der Waals surface area contributed by atoms with Crippen LogP contribution in [-0.2, 0) is 4.74 Å². The largest absolute Gasteiger partial charge is 0.442 e. The van der Waals surface area contributed by atoms with Crippen LogP contribution < -0.4 is 5.73 Å². The molecule has 98 valence electrons. The predicted molar refractivity (Wildman–Crippen MR) is 71.9 cm³/mol. The van der Waals surface area contributed by atoms with Gasteiger partial charge in [-0.1, -0.05) is 0 Å². The normalized spacial score (nSPS) is 14.5. The lowest BCUT2D eigenvalue weighted by Crippen LogP contribution is -2.27. The lowest BCUT2D eigenvalue weighted by Gasteiger charge is -2.18. The van der Waals surface area contributed by atoms with Gasteiger partial charge in [-0.25, -0.2) is 4.79 Å². The maximum atomic E-state index is 11.8. The van der Waals surface area contributed by atoms with E-state index in [0.29, 0.717) is 11.4 Å². The van der Waals surface area contributed by atoms with Gasteiger partial charge in [-0.3, -0.25) is 0 Å². The van der Waals surface area contributed by atoms with Crippen molar-refractivity contribution >= 4 is 11.7 Å². The van der Waals surface area contributed by atoms with Crippen LogP contribution in [0.25, 0.3) is 5.57 Å². The minimum atomic E-state index is -0.553. The van der Waals surface area contributed by atoms with Gasteiger partial charge in [0.25, 0.3) is 0 Å². The smallest absolute Gasteiger partial charge is 0.435 e. The van der Waals surface area contributed by atoms with Gasteiger partial charge in [0.05, 0.1) is 6.08 Å². The third-order valence-electron chi connectivity index (χ3n) is 2.34. The van der Waals surface area contributed by atoms with Crippen molar-refractivity contribution in [2.75, 3.05) is 0 Å². The molecule has 0 amide bonds. The fourth-order valence-corrected chi connectivity index (χ4v) is 1.54. The average molecular weight is 258 g/mol. The summed E-state index contributed by atoms with van der Waals surface area (Å²) < 4.78 is 6.39. The van der Waals surface area contributed by atoms with Gasteiger partial charge in [-0.15, -0.1) is 5.10 Å². The number of carbonyl (C=O) groups excluding carboxylic acids is 1. The van der Waals surface area contributed by atoms with Crippen LogP contribution in [0, 0.1) is 6.08 Å². The minimum Gasteiger partial charge on any atom is -0.442 e. The summed E-state index contributed by atoms with van der Waals surface area (Å²) in [4.78, 5) is 11.8. The second-order valence-electron chi connectivity index (χ2n) is 5.14. The Morgan fingerprint density at radius 2 is 2.21 bits per heavy atom. The standard InChI is InChI=1S/C14H16N3O2/c1-14(2,3)19-13(18)17-9-8-12(16-17)10-6-4-5-7-11(10)15/h5-9H,15H2,1-3H3/q+1. The molecule has 1 aromatic rings. The summed E-state index contributed by atoms with van der Waals surface area (Å²) in [6.45, 7) is 5.42. The van der Waals surface area contributed by atoms with Gasteiger partial charge >= 0.3 is 6.09 Å². The maximum Gasteiger partial charge on any atom is 0.435 e. The molecule has 0 aromatic carbocycles. The number of allylic oxidation sites excluding steroid dienone is 5. The Labute approximate surface area is 112 Å². The van der Waals surface area contributed by atoms with E-state index in [0.717, 1.165) is 10.3 Å². The molecule has 0 aliphatic heterocycles. The summed E-state index contributed by atoms with van der Waals surface area (Å²) in [5, 5.41) is 4.17. The highest BCUT2D eigenvalue weighted by Crippen LogP contribution is 2.19. The van der Waals surface area contributed by atoms with E-state index >= 15 is 0 Å². The van der Waals surface area contributed by atoms with Crippen LogP contribution >= 0.6 is 0 Å². The summed E-state index contributed by atoms with van der Waals surface area (Å²) in [6, 6.07) is 1.71. The van der Waals surface area contributed by atoms with Crippen molar-refractivity contribution in [1.29, 1.82) is 0 Å². The van der Waals surface area contributed by atoms with Gasteiger partial charge in [0.1, 0.15) is 23.3 Å². The number of hydrogen-bond donors (Lipinski definition) is 1. The Morgan fingerprint density at radius 3 is 2.84 bits per heavy atom. The SMILES string of the molecule is CC(C)(C)OC(=O)n1ccc(C2=C(N)C=C[C+]=C2)n1. The summed E-state index contributed by atoms with van der Waals surface area (Å²) in [5.41, 5.74) is 7.24. The van der Waals surface area contributed by atoms with E-state index in [2.05, 4.69) is 11.2 Å². The van der Waals surface area contributed by atoms with Crippen LogP contribution in [0.5, 0.6) is 0 Å². The fourth-order valence-electron chi connectivity index (χ4n) is 1.54. The van der Waals surface area contributed by atoms with Crippen molar-refractivity contribution in [2.24, 2.45) is 5.73 Å². The zero-order valence-corrected chi connectivity index (χ0v) is 11.2. The molecule has 0 spiro atoms. The highest BCUT2D eigenvalue weighted by Gasteiger charge is 2.21. The highest BCUT2D eigenvalue weighted by molar-refractivity contribution is 5.78. The van der Waals surface area contributed by atoms with Gasteiger partial charge in [0.15, 0.2) is 11.4 Å². The first-order valence-corrected chi connectivity index (χ1v) is 5.92. The number of rotatable bonds is 1. The van der Waals surface area contributed by atoms with Crippen molar-refractivity contribution in [3.8, 4) is 0 Å². The van der Waals surface area contributed by atoms with Crippen molar-refractivity contribution < 1.29 is 9.53 Å². The van der Waals surface area contributed by atoms with Crippen LogP contribution in [0.3, 0.4) is 0 Å². The first-order valence-electron chi connectivity index (χ1n) is 5.92. The van der Waals surface area contributed by atoms with E-state index in [1.54, 1.807) is 51.3 Å². The number of nitrogens with two attached hydrogens (primary N) is 1. The molecule has 1 aliphatic carbocycles. The molecular weight excluding hydrogens is 242 g/mol. The van der Waals surface area contributed by atoms with Crippen molar-refractivity contribution in [3.63, 3.8) is 0 Å². The number of ether oxygens (including phenoxy) is 1. The van der Waals surface area contributed by atoms with E-state index in [1.807, 2.05) is 0 Å². The van der Waals surface area contributed by atoms with Gasteiger partial charge in [-0.2, -0.15) is 4.68 Å². The molecule has 0 atom stereocenters. The molecular formula is C14H16N3O2+. The first kappa shape index (κ1) is 13.1. The molecule has 0 saturated carbocycles. The van der Waals surface area contributed by atoms with Crippen molar-refractivity contribution in [2.45, 2.75) is 26.4 Å². The Morgan fingerprint density at radius 1 is 1.47 bits per heavy atom. The number of hydrogen-bond acceptors (Lipinski definition) is 4. The second kappa shape index (κ2) is 4.71. The molecule has 0 unspecified atom stereocenters.